The smallest absolute Gasteiger partial charge is 0.520 e. The van der Waals surface area contributed by atoms with Gasteiger partial charge in [0.1, 0.15) is 11.5 Å². The molecule has 1 aliphatic rings. The van der Waals surface area contributed by atoms with Crippen LogP contribution in [0.1, 0.15) is 0 Å². The van der Waals surface area contributed by atoms with Gasteiger partial charge in [0.05, 0.1) is 6.26 Å². The first kappa shape index (κ1) is 7.09. The molecule has 0 fully saturated rings. The Kier molecular flexibility index (Phi) is 1.66. The molecule has 1 heterocycles. The average molecular weight is 162 g/mol. The molecule has 0 aromatic heterocycles. The van der Waals surface area contributed by atoms with Gasteiger partial charge in [-0.2, -0.15) is 0 Å². The predicted molar refractivity (Wildman–Crippen MR) is 45.2 cm³/mol. The van der Waals surface area contributed by atoms with Crippen molar-refractivity contribution in [3.8, 4) is 11.5 Å². The summed E-state index contributed by atoms with van der Waals surface area (Å²) in [6.45, 7) is 0. The molecule has 60 valence electrons. The Morgan fingerprint density at radius 3 is 2.25 bits per heavy atom. The minimum atomic E-state index is -0.493. The summed E-state index contributed by atoms with van der Waals surface area (Å²) in [6.07, 6.45) is 0.913. The highest BCUT2D eigenvalue weighted by Crippen LogP contribution is 2.32. The van der Waals surface area contributed by atoms with Crippen molar-refractivity contribution in [3.05, 3.63) is 36.5 Å². The van der Waals surface area contributed by atoms with Gasteiger partial charge in [-0.05, 0) is 12.1 Å². The lowest BCUT2D eigenvalue weighted by Gasteiger charge is -1.95. The summed E-state index contributed by atoms with van der Waals surface area (Å²) in [6, 6.07) is 7.38. The van der Waals surface area contributed by atoms with Gasteiger partial charge < -0.3 is 14.4 Å². The molecular weight excluding hydrogens is 155 g/mol. The van der Waals surface area contributed by atoms with Gasteiger partial charge in [0, 0.05) is 5.98 Å². The lowest BCUT2D eigenvalue weighted by atomic mass is 9.92. The van der Waals surface area contributed by atoms with Crippen molar-refractivity contribution in [3.63, 3.8) is 0 Å². The van der Waals surface area contributed by atoms with E-state index in [-0.39, 0.29) is 0 Å². The summed E-state index contributed by atoms with van der Waals surface area (Å²) in [5.74, 6) is 2.85. The fourth-order valence-electron chi connectivity index (χ4n) is 1.07. The van der Waals surface area contributed by atoms with E-state index >= 15 is 0 Å². The van der Waals surface area contributed by atoms with E-state index < -0.39 is 7.12 Å². The van der Waals surface area contributed by atoms with Crippen molar-refractivity contribution >= 4 is 7.12 Å². The molecular formula is C8H7BO3. The number of rotatable bonds is 1. The van der Waals surface area contributed by atoms with Crippen LogP contribution in [-0.2, 0) is 0 Å². The number of hydrogen-bond donors (Lipinski definition) is 1. The van der Waals surface area contributed by atoms with E-state index in [1.54, 1.807) is 0 Å². The molecule has 0 atom stereocenters. The Labute approximate surface area is 70.4 Å². The van der Waals surface area contributed by atoms with Crippen LogP contribution in [0.4, 0.5) is 0 Å². The number of fused-ring (bicyclic) bond motifs is 1. The van der Waals surface area contributed by atoms with E-state index in [0.29, 0.717) is 11.5 Å². The standard InChI is InChI=1S/C8H7BO3/c10-6-5-9-11-7-3-1-2-4-8(7)12-9/h1-6,10H/b6-5+. The highest BCUT2D eigenvalue weighted by Gasteiger charge is 2.28. The predicted octanol–water partition coefficient (Wildman–Crippen LogP) is 1.56. The molecule has 2 rings (SSSR count). The van der Waals surface area contributed by atoms with E-state index in [1.165, 1.54) is 5.98 Å². The summed E-state index contributed by atoms with van der Waals surface area (Å²) < 4.78 is 10.6. The summed E-state index contributed by atoms with van der Waals surface area (Å²) in [4.78, 5) is 0. The second-order valence-electron chi connectivity index (χ2n) is 2.39. The van der Waals surface area contributed by atoms with Gasteiger partial charge in [0.15, 0.2) is 0 Å². The van der Waals surface area contributed by atoms with Gasteiger partial charge in [-0.3, -0.25) is 0 Å². The minimum absolute atomic E-state index is 0.493. The van der Waals surface area contributed by atoms with Gasteiger partial charge in [-0.25, -0.2) is 0 Å². The van der Waals surface area contributed by atoms with Gasteiger partial charge >= 0.3 is 7.12 Å². The number of hydrogen-bond acceptors (Lipinski definition) is 3. The molecule has 1 aromatic rings. The number of aliphatic hydroxyl groups is 1. The van der Waals surface area contributed by atoms with Gasteiger partial charge in [0.2, 0.25) is 0 Å². The average Bonchev–Trinajstić information content (AvgIpc) is 2.47. The molecule has 0 radical (unpaired) electrons. The third kappa shape index (κ3) is 1.11. The molecule has 0 saturated carbocycles. The van der Waals surface area contributed by atoms with E-state index in [0.717, 1.165) is 6.26 Å². The maximum Gasteiger partial charge on any atom is 0.628 e. The second-order valence-corrected chi connectivity index (χ2v) is 2.39. The van der Waals surface area contributed by atoms with Crippen molar-refractivity contribution < 1.29 is 14.4 Å². The maximum absolute atomic E-state index is 8.47. The molecule has 1 aromatic carbocycles. The molecule has 0 saturated heterocycles. The van der Waals surface area contributed by atoms with Crippen LogP contribution in [0.2, 0.25) is 0 Å². The summed E-state index contributed by atoms with van der Waals surface area (Å²) in [5.41, 5.74) is 0. The molecule has 4 heteroatoms. The Morgan fingerprint density at radius 2 is 1.75 bits per heavy atom. The minimum Gasteiger partial charge on any atom is -0.520 e. The van der Waals surface area contributed by atoms with E-state index in [4.69, 9.17) is 14.4 Å². The molecule has 3 nitrogen and oxygen atoms in total. The summed E-state index contributed by atoms with van der Waals surface area (Å²) in [5, 5.41) is 8.47. The Balaban J connectivity index is 2.22. The lowest BCUT2D eigenvalue weighted by molar-refractivity contribution is 0.467. The van der Waals surface area contributed by atoms with Gasteiger partial charge in [-0.15, -0.1) is 0 Å². The first-order chi connectivity index (χ1) is 5.90. The van der Waals surface area contributed by atoms with E-state index in [1.807, 2.05) is 24.3 Å². The largest absolute Gasteiger partial charge is 0.628 e. The second kappa shape index (κ2) is 2.81. The van der Waals surface area contributed by atoms with Crippen molar-refractivity contribution in [1.29, 1.82) is 0 Å². The fraction of sp³-hybridized carbons (Fsp3) is 0. The third-order valence-corrected chi connectivity index (χ3v) is 1.58. The Hall–Kier alpha value is -1.58. The molecule has 0 bridgehead atoms. The maximum atomic E-state index is 8.47. The molecule has 1 N–H and O–H groups in total. The molecule has 12 heavy (non-hydrogen) atoms. The van der Waals surface area contributed by atoms with Crippen LogP contribution in [0.25, 0.3) is 0 Å². The van der Waals surface area contributed by atoms with Crippen LogP contribution >= 0.6 is 0 Å². The Bertz CT molecular complexity index is 286. The van der Waals surface area contributed by atoms with Crippen molar-refractivity contribution in [1.82, 2.24) is 0 Å². The van der Waals surface area contributed by atoms with Crippen LogP contribution in [0.3, 0.4) is 0 Å². The first-order valence-electron chi connectivity index (χ1n) is 3.63. The zero-order valence-corrected chi connectivity index (χ0v) is 6.31. The molecule has 0 amide bonds. The van der Waals surface area contributed by atoms with Crippen LogP contribution in [0.15, 0.2) is 36.5 Å². The van der Waals surface area contributed by atoms with Gasteiger partial charge in [0.25, 0.3) is 0 Å². The highest BCUT2D eigenvalue weighted by atomic mass is 16.6. The fourth-order valence-corrected chi connectivity index (χ4v) is 1.07. The van der Waals surface area contributed by atoms with Crippen LogP contribution in [0, 0.1) is 0 Å². The van der Waals surface area contributed by atoms with E-state index in [9.17, 15) is 0 Å². The molecule has 0 unspecified atom stereocenters. The highest BCUT2D eigenvalue weighted by molar-refractivity contribution is 6.53. The molecule has 1 aliphatic heterocycles. The monoisotopic (exact) mass is 162 g/mol. The number of aliphatic hydroxyl groups excluding tert-OH is 1. The number of para-hydroxylation sites is 2. The lowest BCUT2D eigenvalue weighted by Crippen LogP contribution is -2.21. The van der Waals surface area contributed by atoms with Crippen LogP contribution in [0.5, 0.6) is 11.5 Å². The SMILES string of the molecule is O/C=C/B1Oc2ccccc2O1. The summed E-state index contributed by atoms with van der Waals surface area (Å²) in [7, 11) is -0.493. The quantitative estimate of drug-likeness (QED) is 0.502. The number of benzene rings is 1. The van der Waals surface area contributed by atoms with Gasteiger partial charge in [-0.1, -0.05) is 12.1 Å². The zero-order chi connectivity index (χ0) is 8.39. The first-order valence-corrected chi connectivity index (χ1v) is 3.63. The van der Waals surface area contributed by atoms with Crippen molar-refractivity contribution in [2.45, 2.75) is 0 Å². The van der Waals surface area contributed by atoms with E-state index in [2.05, 4.69) is 0 Å². The zero-order valence-electron chi connectivity index (χ0n) is 6.31. The molecule has 0 aliphatic carbocycles. The topological polar surface area (TPSA) is 38.7 Å². The summed E-state index contributed by atoms with van der Waals surface area (Å²) >= 11 is 0. The third-order valence-electron chi connectivity index (χ3n) is 1.58. The normalized spacial score (nSPS) is 14.2. The van der Waals surface area contributed by atoms with Crippen molar-refractivity contribution in [2.75, 3.05) is 0 Å². The van der Waals surface area contributed by atoms with Crippen molar-refractivity contribution in [2.24, 2.45) is 0 Å². The Morgan fingerprint density at radius 1 is 1.17 bits per heavy atom. The van der Waals surface area contributed by atoms with Crippen LogP contribution < -0.4 is 9.31 Å². The molecule has 0 spiro atoms. The van der Waals surface area contributed by atoms with Crippen LogP contribution in [-0.4, -0.2) is 12.2 Å².